The van der Waals surface area contributed by atoms with Crippen molar-refractivity contribution in [3.63, 3.8) is 0 Å². The van der Waals surface area contributed by atoms with Gasteiger partial charge in [-0.15, -0.1) is 15.3 Å². The molecule has 1 amide bonds. The molecule has 1 saturated heterocycles. The first-order valence-electron chi connectivity index (χ1n) is 7.79. The molecule has 118 valence electrons. The van der Waals surface area contributed by atoms with Gasteiger partial charge in [-0.25, -0.2) is 0 Å². The Labute approximate surface area is 129 Å². The van der Waals surface area contributed by atoms with Gasteiger partial charge in [0.25, 0.3) is 0 Å². The Morgan fingerprint density at radius 2 is 1.95 bits per heavy atom. The second kappa shape index (κ2) is 5.90. The summed E-state index contributed by atoms with van der Waals surface area (Å²) in [5.74, 6) is 1.98. The topological polar surface area (TPSA) is 66.6 Å². The van der Waals surface area contributed by atoms with Crippen molar-refractivity contribution in [3.8, 4) is 0 Å². The molecule has 0 unspecified atom stereocenters. The fourth-order valence-electron chi connectivity index (χ4n) is 2.79. The zero-order chi connectivity index (χ0) is 15.7. The SMILES string of the molecule is Cc1nnc2ccc(N3CCCN(C(=O)C(C)C)CC3)nn12. The predicted octanol–water partition coefficient (Wildman–Crippen LogP) is 1.13. The number of carbonyl (C=O) groups is 1. The van der Waals surface area contributed by atoms with Crippen LogP contribution in [0.25, 0.3) is 5.65 Å². The minimum absolute atomic E-state index is 0.0562. The van der Waals surface area contributed by atoms with Crippen molar-refractivity contribution in [1.82, 2.24) is 24.7 Å². The Balaban J connectivity index is 1.77. The maximum atomic E-state index is 12.1. The van der Waals surface area contributed by atoms with Crippen LogP contribution in [0, 0.1) is 12.8 Å². The Morgan fingerprint density at radius 1 is 1.14 bits per heavy atom. The molecule has 1 fully saturated rings. The zero-order valence-electron chi connectivity index (χ0n) is 13.4. The van der Waals surface area contributed by atoms with Crippen molar-refractivity contribution in [2.75, 3.05) is 31.1 Å². The molecule has 2 aromatic heterocycles. The number of rotatable bonds is 2. The average Bonchev–Trinajstić information content (AvgIpc) is 2.74. The molecule has 0 aromatic carbocycles. The average molecular weight is 302 g/mol. The Hall–Kier alpha value is -2.18. The molecular formula is C15H22N6O. The van der Waals surface area contributed by atoms with Crippen LogP contribution in [0.4, 0.5) is 5.82 Å². The molecule has 22 heavy (non-hydrogen) atoms. The van der Waals surface area contributed by atoms with Crippen LogP contribution in [0.3, 0.4) is 0 Å². The van der Waals surface area contributed by atoms with Crippen LogP contribution >= 0.6 is 0 Å². The van der Waals surface area contributed by atoms with Gasteiger partial charge in [0.1, 0.15) is 5.82 Å². The molecule has 2 aromatic rings. The first-order chi connectivity index (χ1) is 10.6. The van der Waals surface area contributed by atoms with Crippen LogP contribution in [0.1, 0.15) is 26.1 Å². The molecule has 3 heterocycles. The fourth-order valence-corrected chi connectivity index (χ4v) is 2.79. The van der Waals surface area contributed by atoms with Gasteiger partial charge in [-0.1, -0.05) is 13.8 Å². The molecule has 7 nitrogen and oxygen atoms in total. The van der Waals surface area contributed by atoms with Crippen LogP contribution in [-0.4, -0.2) is 56.8 Å². The largest absolute Gasteiger partial charge is 0.353 e. The van der Waals surface area contributed by atoms with Gasteiger partial charge in [0.15, 0.2) is 11.5 Å². The third-order valence-electron chi connectivity index (χ3n) is 4.03. The number of hydrogen-bond acceptors (Lipinski definition) is 5. The number of amides is 1. The van der Waals surface area contributed by atoms with Crippen molar-refractivity contribution in [2.45, 2.75) is 27.2 Å². The van der Waals surface area contributed by atoms with E-state index in [1.807, 2.05) is 37.8 Å². The molecule has 0 saturated carbocycles. The smallest absolute Gasteiger partial charge is 0.225 e. The molecule has 1 aliphatic rings. The fraction of sp³-hybridized carbons (Fsp3) is 0.600. The van der Waals surface area contributed by atoms with Crippen LogP contribution < -0.4 is 4.90 Å². The molecule has 0 bridgehead atoms. The van der Waals surface area contributed by atoms with Crippen molar-refractivity contribution < 1.29 is 4.79 Å². The zero-order valence-corrected chi connectivity index (χ0v) is 13.4. The standard InChI is InChI=1S/C15H22N6O/c1-11(2)15(22)20-8-4-7-19(9-10-20)14-6-5-13-17-16-12(3)21(13)18-14/h5-6,11H,4,7-10H2,1-3H3. The van der Waals surface area contributed by atoms with E-state index in [0.717, 1.165) is 49.9 Å². The highest BCUT2D eigenvalue weighted by Crippen LogP contribution is 2.16. The Morgan fingerprint density at radius 3 is 2.73 bits per heavy atom. The number of fused-ring (bicyclic) bond motifs is 1. The van der Waals surface area contributed by atoms with Gasteiger partial charge in [0, 0.05) is 32.1 Å². The van der Waals surface area contributed by atoms with Crippen LogP contribution in [0.5, 0.6) is 0 Å². The molecule has 3 rings (SSSR count). The highest BCUT2D eigenvalue weighted by Gasteiger charge is 2.22. The number of aryl methyl sites for hydroxylation is 1. The molecule has 0 aliphatic carbocycles. The van der Waals surface area contributed by atoms with Crippen LogP contribution in [0.2, 0.25) is 0 Å². The maximum absolute atomic E-state index is 12.1. The second-order valence-corrected chi connectivity index (χ2v) is 6.03. The number of carbonyl (C=O) groups excluding carboxylic acids is 1. The summed E-state index contributed by atoms with van der Waals surface area (Å²) >= 11 is 0. The maximum Gasteiger partial charge on any atom is 0.225 e. The van der Waals surface area contributed by atoms with E-state index in [1.54, 1.807) is 4.52 Å². The van der Waals surface area contributed by atoms with Gasteiger partial charge >= 0.3 is 0 Å². The lowest BCUT2D eigenvalue weighted by molar-refractivity contribution is -0.134. The molecule has 0 N–H and O–H groups in total. The third kappa shape index (κ3) is 2.75. The summed E-state index contributed by atoms with van der Waals surface area (Å²) in [5, 5.41) is 12.7. The molecule has 1 aliphatic heterocycles. The van der Waals surface area contributed by atoms with Gasteiger partial charge in [0.05, 0.1) is 0 Å². The van der Waals surface area contributed by atoms with E-state index in [2.05, 4.69) is 20.2 Å². The van der Waals surface area contributed by atoms with Crippen LogP contribution in [0.15, 0.2) is 12.1 Å². The van der Waals surface area contributed by atoms with Gasteiger partial charge in [0.2, 0.25) is 5.91 Å². The number of aromatic nitrogens is 4. The summed E-state index contributed by atoms with van der Waals surface area (Å²) in [6, 6.07) is 3.91. The van der Waals surface area contributed by atoms with E-state index >= 15 is 0 Å². The summed E-state index contributed by atoms with van der Waals surface area (Å²) in [6.07, 6.45) is 0.958. The number of hydrogen-bond donors (Lipinski definition) is 0. The van der Waals surface area contributed by atoms with Crippen molar-refractivity contribution >= 4 is 17.4 Å². The number of anilines is 1. The highest BCUT2D eigenvalue weighted by atomic mass is 16.2. The minimum Gasteiger partial charge on any atom is -0.353 e. The van der Waals surface area contributed by atoms with E-state index < -0.39 is 0 Å². The molecular weight excluding hydrogens is 280 g/mol. The van der Waals surface area contributed by atoms with Gasteiger partial charge in [-0.3, -0.25) is 4.79 Å². The van der Waals surface area contributed by atoms with Crippen molar-refractivity contribution in [3.05, 3.63) is 18.0 Å². The van der Waals surface area contributed by atoms with E-state index in [9.17, 15) is 4.79 Å². The van der Waals surface area contributed by atoms with Crippen molar-refractivity contribution in [2.24, 2.45) is 5.92 Å². The third-order valence-corrected chi connectivity index (χ3v) is 4.03. The van der Waals surface area contributed by atoms with E-state index in [4.69, 9.17) is 0 Å². The van der Waals surface area contributed by atoms with Crippen LogP contribution in [-0.2, 0) is 4.79 Å². The molecule has 7 heteroatoms. The first-order valence-corrected chi connectivity index (χ1v) is 7.79. The molecule has 0 atom stereocenters. The lowest BCUT2D eigenvalue weighted by Gasteiger charge is -2.24. The van der Waals surface area contributed by atoms with Crippen molar-refractivity contribution in [1.29, 1.82) is 0 Å². The monoisotopic (exact) mass is 302 g/mol. The second-order valence-electron chi connectivity index (χ2n) is 6.03. The summed E-state index contributed by atoms with van der Waals surface area (Å²) in [4.78, 5) is 16.3. The van der Waals surface area contributed by atoms with E-state index in [-0.39, 0.29) is 11.8 Å². The highest BCUT2D eigenvalue weighted by molar-refractivity contribution is 5.78. The Kier molecular flexibility index (Phi) is 3.96. The lowest BCUT2D eigenvalue weighted by Crippen LogP contribution is -2.37. The van der Waals surface area contributed by atoms with Gasteiger partial charge < -0.3 is 9.80 Å². The summed E-state index contributed by atoms with van der Waals surface area (Å²) < 4.78 is 1.76. The van der Waals surface area contributed by atoms with E-state index in [1.165, 1.54) is 0 Å². The Bertz CT molecular complexity index is 680. The van der Waals surface area contributed by atoms with Gasteiger partial charge in [-0.05, 0) is 25.5 Å². The summed E-state index contributed by atoms with van der Waals surface area (Å²) in [6.45, 7) is 9.08. The predicted molar refractivity (Wildman–Crippen MR) is 83.8 cm³/mol. The minimum atomic E-state index is 0.0562. The summed E-state index contributed by atoms with van der Waals surface area (Å²) in [7, 11) is 0. The number of nitrogens with zero attached hydrogens (tertiary/aromatic N) is 6. The first kappa shape index (κ1) is 14.7. The quantitative estimate of drug-likeness (QED) is 0.832. The normalized spacial score (nSPS) is 16.4. The van der Waals surface area contributed by atoms with Gasteiger partial charge in [-0.2, -0.15) is 4.52 Å². The lowest BCUT2D eigenvalue weighted by atomic mass is 10.2. The summed E-state index contributed by atoms with van der Waals surface area (Å²) in [5.41, 5.74) is 0.757. The molecule has 0 radical (unpaired) electrons. The molecule has 0 spiro atoms. The van der Waals surface area contributed by atoms with E-state index in [0.29, 0.717) is 0 Å².